The van der Waals surface area contributed by atoms with Crippen LogP contribution >= 0.6 is 0 Å². The highest BCUT2D eigenvalue weighted by Gasteiger charge is 2.09. The molecule has 0 fully saturated rings. The normalized spacial score (nSPS) is 11.9. The molecule has 0 N–H and O–H groups in total. The Morgan fingerprint density at radius 2 is 1.95 bits per heavy atom. The fourth-order valence-electron chi connectivity index (χ4n) is 1.83. The summed E-state index contributed by atoms with van der Waals surface area (Å²) in [7, 11) is -0.798. The van der Waals surface area contributed by atoms with Crippen LogP contribution in [-0.2, 0) is 0 Å². The molecule has 3 nitrogen and oxygen atoms in total. The van der Waals surface area contributed by atoms with Crippen molar-refractivity contribution in [1.29, 1.82) is 0 Å². The van der Waals surface area contributed by atoms with E-state index in [0.717, 1.165) is 28.5 Å². The number of para-hydroxylation sites is 2. The van der Waals surface area contributed by atoms with Gasteiger partial charge in [-0.2, -0.15) is 0 Å². The molecule has 0 bridgehead atoms. The van der Waals surface area contributed by atoms with Gasteiger partial charge in [0.25, 0.3) is 9.04 Å². The molecule has 1 radical (unpaired) electrons. The van der Waals surface area contributed by atoms with Crippen molar-refractivity contribution in [3.05, 3.63) is 47.9 Å². The van der Waals surface area contributed by atoms with E-state index in [1.54, 1.807) is 6.26 Å². The zero-order valence-corrected chi connectivity index (χ0v) is 12.7. The Balaban J connectivity index is 2.35. The fourth-order valence-corrected chi connectivity index (χ4v) is 2.44. The second-order valence-corrected chi connectivity index (χ2v) is 6.63. The van der Waals surface area contributed by atoms with Crippen LogP contribution in [0.1, 0.15) is 18.2 Å². The smallest absolute Gasteiger partial charge is 0.274 e. The average Bonchev–Trinajstić information content (AvgIpc) is 2.77. The second kappa shape index (κ2) is 5.89. The van der Waals surface area contributed by atoms with Crippen LogP contribution in [-0.4, -0.2) is 14.8 Å². The number of aliphatic imine (C=N–C) groups is 1. The van der Waals surface area contributed by atoms with E-state index in [-0.39, 0.29) is 0 Å². The Morgan fingerprint density at radius 3 is 2.58 bits per heavy atom. The van der Waals surface area contributed by atoms with Crippen LogP contribution in [0.4, 0.5) is 5.69 Å². The van der Waals surface area contributed by atoms with Crippen molar-refractivity contribution in [1.82, 2.24) is 0 Å². The Labute approximate surface area is 115 Å². The minimum atomic E-state index is -0.798. The molecule has 0 saturated carbocycles. The zero-order chi connectivity index (χ0) is 13.8. The lowest BCUT2D eigenvalue weighted by Gasteiger charge is -2.11. The summed E-state index contributed by atoms with van der Waals surface area (Å²) < 4.78 is 11.3. The lowest BCUT2D eigenvalue weighted by molar-refractivity contribution is 0.555. The van der Waals surface area contributed by atoms with Gasteiger partial charge in [0.05, 0.1) is 12.0 Å². The van der Waals surface area contributed by atoms with Gasteiger partial charge in [-0.3, -0.25) is 0 Å². The number of hydrogen-bond acceptors (Lipinski definition) is 3. The van der Waals surface area contributed by atoms with Crippen molar-refractivity contribution < 1.29 is 8.84 Å². The van der Waals surface area contributed by atoms with Gasteiger partial charge in [0, 0.05) is 0 Å². The monoisotopic (exact) mass is 272 g/mol. The molecule has 0 aliphatic heterocycles. The standard InChI is InChI=1S/C15H18NO2Si/c1-11-9-10-17-15(11)12(2)16-13-7-5-6-8-14(13)18-19(3)4/h5-10H,1-4H3. The van der Waals surface area contributed by atoms with E-state index in [1.807, 2.05) is 44.2 Å². The Kier molecular flexibility index (Phi) is 4.22. The quantitative estimate of drug-likeness (QED) is 0.612. The molecule has 2 aromatic rings. The van der Waals surface area contributed by atoms with Crippen LogP contribution in [0.5, 0.6) is 5.75 Å². The van der Waals surface area contributed by atoms with Gasteiger partial charge in [-0.15, -0.1) is 0 Å². The van der Waals surface area contributed by atoms with Crippen LogP contribution in [0.2, 0.25) is 13.1 Å². The molecule has 2 rings (SSSR count). The Hall–Kier alpha value is -1.81. The molecule has 0 amide bonds. The molecule has 19 heavy (non-hydrogen) atoms. The maximum Gasteiger partial charge on any atom is 0.274 e. The summed E-state index contributed by atoms with van der Waals surface area (Å²) in [4.78, 5) is 4.63. The molecular weight excluding hydrogens is 254 g/mol. The first kappa shape index (κ1) is 13.6. The predicted molar refractivity (Wildman–Crippen MR) is 79.9 cm³/mol. The highest BCUT2D eigenvalue weighted by atomic mass is 28.3. The van der Waals surface area contributed by atoms with Crippen molar-refractivity contribution >= 4 is 20.4 Å². The average molecular weight is 272 g/mol. The number of aryl methyl sites for hydroxylation is 1. The van der Waals surface area contributed by atoms with Gasteiger partial charge < -0.3 is 8.84 Å². The van der Waals surface area contributed by atoms with Gasteiger partial charge in [0.1, 0.15) is 11.4 Å². The molecule has 0 spiro atoms. The maximum atomic E-state index is 5.86. The minimum Gasteiger partial charge on any atom is -0.541 e. The summed E-state index contributed by atoms with van der Waals surface area (Å²) in [5, 5.41) is 0. The summed E-state index contributed by atoms with van der Waals surface area (Å²) in [6.45, 7) is 8.18. The van der Waals surface area contributed by atoms with E-state index in [2.05, 4.69) is 18.1 Å². The topological polar surface area (TPSA) is 34.7 Å². The molecule has 1 heterocycles. The van der Waals surface area contributed by atoms with Crippen LogP contribution in [0, 0.1) is 6.92 Å². The highest BCUT2D eigenvalue weighted by Crippen LogP contribution is 2.28. The summed E-state index contributed by atoms with van der Waals surface area (Å²) in [6, 6.07) is 9.79. The molecule has 4 heteroatoms. The summed E-state index contributed by atoms with van der Waals surface area (Å²) >= 11 is 0. The molecule has 1 aromatic carbocycles. The zero-order valence-electron chi connectivity index (χ0n) is 11.7. The maximum absolute atomic E-state index is 5.86. The van der Waals surface area contributed by atoms with Crippen LogP contribution in [0.3, 0.4) is 0 Å². The number of nitrogens with zero attached hydrogens (tertiary/aromatic N) is 1. The third-order valence-electron chi connectivity index (χ3n) is 2.66. The fraction of sp³-hybridized carbons (Fsp3) is 0.267. The predicted octanol–water partition coefficient (Wildman–Crippen LogP) is 4.36. The van der Waals surface area contributed by atoms with E-state index in [9.17, 15) is 0 Å². The second-order valence-electron chi connectivity index (χ2n) is 4.61. The first-order valence-electron chi connectivity index (χ1n) is 6.24. The lowest BCUT2D eigenvalue weighted by Crippen LogP contribution is -2.11. The minimum absolute atomic E-state index is 0.798. The first-order valence-corrected chi connectivity index (χ1v) is 8.65. The van der Waals surface area contributed by atoms with E-state index in [1.165, 1.54) is 0 Å². The van der Waals surface area contributed by atoms with Crippen molar-refractivity contribution in [3.63, 3.8) is 0 Å². The van der Waals surface area contributed by atoms with E-state index < -0.39 is 9.04 Å². The molecule has 99 valence electrons. The Morgan fingerprint density at radius 1 is 1.21 bits per heavy atom. The molecule has 0 unspecified atom stereocenters. The van der Waals surface area contributed by atoms with Gasteiger partial charge in [-0.05, 0) is 50.7 Å². The molecule has 0 saturated heterocycles. The molecule has 1 aromatic heterocycles. The van der Waals surface area contributed by atoms with Crippen molar-refractivity contribution in [2.75, 3.05) is 0 Å². The number of benzene rings is 1. The van der Waals surface area contributed by atoms with Gasteiger partial charge in [-0.25, -0.2) is 4.99 Å². The lowest BCUT2D eigenvalue weighted by atomic mass is 10.2. The molecular formula is C15H18NO2Si. The largest absolute Gasteiger partial charge is 0.541 e. The summed E-state index contributed by atoms with van der Waals surface area (Å²) in [6.07, 6.45) is 1.69. The number of hydrogen-bond donors (Lipinski definition) is 0. The SMILES string of the molecule is CC(=Nc1ccccc1O[Si](C)C)c1occc1C. The summed E-state index contributed by atoms with van der Waals surface area (Å²) in [5.74, 6) is 1.67. The molecule has 0 atom stereocenters. The highest BCUT2D eigenvalue weighted by molar-refractivity contribution is 6.49. The van der Waals surface area contributed by atoms with E-state index in [4.69, 9.17) is 8.84 Å². The molecule has 0 aliphatic rings. The number of rotatable bonds is 4. The van der Waals surface area contributed by atoms with Crippen LogP contribution in [0.15, 0.2) is 46.0 Å². The third kappa shape index (κ3) is 3.35. The Bertz CT molecular complexity index is 587. The first-order chi connectivity index (χ1) is 9.08. The number of furan rings is 1. The van der Waals surface area contributed by atoms with Gasteiger partial charge >= 0.3 is 0 Å². The van der Waals surface area contributed by atoms with Gasteiger partial charge in [0.15, 0.2) is 5.76 Å². The summed E-state index contributed by atoms with van der Waals surface area (Å²) in [5.41, 5.74) is 2.80. The van der Waals surface area contributed by atoms with Crippen LogP contribution in [0.25, 0.3) is 0 Å². The van der Waals surface area contributed by atoms with Crippen molar-refractivity contribution in [3.8, 4) is 5.75 Å². The van der Waals surface area contributed by atoms with Crippen LogP contribution < -0.4 is 4.43 Å². The third-order valence-corrected chi connectivity index (χ3v) is 3.29. The molecule has 0 aliphatic carbocycles. The van der Waals surface area contributed by atoms with Gasteiger partial charge in [0.2, 0.25) is 0 Å². The van der Waals surface area contributed by atoms with Crippen molar-refractivity contribution in [2.45, 2.75) is 26.9 Å². The van der Waals surface area contributed by atoms with E-state index >= 15 is 0 Å². The van der Waals surface area contributed by atoms with Gasteiger partial charge in [-0.1, -0.05) is 12.1 Å². The van der Waals surface area contributed by atoms with E-state index in [0.29, 0.717) is 0 Å². The van der Waals surface area contributed by atoms with Crippen molar-refractivity contribution in [2.24, 2.45) is 4.99 Å².